The Balaban J connectivity index is 1.98. The molecule has 0 atom stereocenters. The molecule has 0 saturated carbocycles. The van der Waals surface area contributed by atoms with Gasteiger partial charge in [0.1, 0.15) is 0 Å². The van der Waals surface area contributed by atoms with Crippen LogP contribution in [0, 0.1) is 15.9 Å². The summed E-state index contributed by atoms with van der Waals surface area (Å²) in [6.07, 6.45) is -5.45. The molecule has 228 valence electrons. The third kappa shape index (κ3) is 5.82. The number of nitro groups is 1. The van der Waals surface area contributed by atoms with Crippen LogP contribution in [0.5, 0.6) is 0 Å². The molecular weight excluding hydrogens is 617 g/mol. The number of aliphatic hydroxyl groups is 1. The summed E-state index contributed by atoms with van der Waals surface area (Å²) in [6.45, 7) is 2.65. The second kappa shape index (κ2) is 11.3. The lowest BCUT2D eigenvalue weighted by molar-refractivity contribution is -0.384. The molecule has 11 nitrogen and oxygen atoms in total. The van der Waals surface area contributed by atoms with E-state index in [1.807, 2.05) is 0 Å². The van der Waals surface area contributed by atoms with Gasteiger partial charge in [0.2, 0.25) is 5.16 Å². The van der Waals surface area contributed by atoms with Gasteiger partial charge in [0, 0.05) is 28.8 Å². The Hall–Kier alpha value is -4.01. The number of nitrogens with one attached hydrogen (secondary N) is 1. The summed E-state index contributed by atoms with van der Waals surface area (Å²) in [5.74, 6) is -23.8. The van der Waals surface area contributed by atoms with E-state index in [0.717, 1.165) is 22.9 Å². The second-order valence-electron chi connectivity index (χ2n) is 8.96. The molecule has 0 aliphatic rings. The molecule has 1 amide bonds. The molecule has 0 aliphatic heterocycles. The quantitative estimate of drug-likeness (QED) is 0.171. The lowest BCUT2D eigenvalue weighted by Gasteiger charge is -2.32. The van der Waals surface area contributed by atoms with Crippen molar-refractivity contribution in [2.24, 2.45) is 0 Å². The lowest BCUT2D eigenvalue weighted by atomic mass is 9.98. The summed E-state index contributed by atoms with van der Waals surface area (Å²) in [6, 6.07) is 2.37. The molecule has 2 aromatic heterocycles. The molecule has 0 aliphatic carbocycles. The normalized spacial score (nSPS) is 13.0. The van der Waals surface area contributed by atoms with E-state index in [0.29, 0.717) is 11.8 Å². The van der Waals surface area contributed by atoms with Crippen molar-refractivity contribution in [2.75, 3.05) is 11.9 Å². The van der Waals surface area contributed by atoms with E-state index >= 15 is 0 Å². The van der Waals surface area contributed by atoms with Crippen LogP contribution >= 0.6 is 11.8 Å². The third-order valence-electron chi connectivity index (χ3n) is 5.54. The number of halogens is 9. The van der Waals surface area contributed by atoms with Gasteiger partial charge in [0.05, 0.1) is 22.6 Å². The number of nitro benzene ring substituents is 1. The van der Waals surface area contributed by atoms with Crippen LogP contribution in [0.3, 0.4) is 0 Å². The largest absolute Gasteiger partial charge is 0.394 e. The van der Waals surface area contributed by atoms with Gasteiger partial charge in [-0.05, 0) is 48.2 Å². The number of benzene rings is 1. The Bertz CT molecular complexity index is 1500. The molecule has 2 N–H and O–H groups in total. The minimum absolute atomic E-state index is 0.0191. The van der Waals surface area contributed by atoms with Gasteiger partial charge in [-0.25, -0.2) is 22.8 Å². The summed E-state index contributed by atoms with van der Waals surface area (Å²) >= 11 is 0.670. The van der Waals surface area contributed by atoms with Crippen molar-refractivity contribution in [1.29, 1.82) is 0 Å². The number of amides is 1. The van der Waals surface area contributed by atoms with Gasteiger partial charge in [-0.2, -0.15) is 26.3 Å². The van der Waals surface area contributed by atoms with Crippen LogP contribution in [0.4, 0.5) is 51.0 Å². The van der Waals surface area contributed by atoms with Crippen LogP contribution in [-0.2, 0) is 11.5 Å². The summed E-state index contributed by atoms with van der Waals surface area (Å²) in [5, 5.41) is 33.6. The number of nitrogens with zero attached hydrogens (tertiary/aromatic N) is 6. The average Bonchev–Trinajstić information content (AvgIpc) is 3.38. The van der Waals surface area contributed by atoms with E-state index in [-0.39, 0.29) is 16.2 Å². The number of aliphatic hydroxyl groups excluding tert-OH is 1. The van der Waals surface area contributed by atoms with Gasteiger partial charge in [0.15, 0.2) is 11.6 Å². The van der Waals surface area contributed by atoms with Gasteiger partial charge in [-0.15, -0.1) is 5.10 Å². The van der Waals surface area contributed by atoms with E-state index in [2.05, 4.69) is 20.5 Å². The number of carbonyl (C=O) groups is 1. The Morgan fingerprint density at radius 2 is 1.81 bits per heavy atom. The van der Waals surface area contributed by atoms with E-state index < -0.39 is 81.7 Å². The predicted octanol–water partition coefficient (Wildman–Crippen LogP) is 4.87. The molecule has 42 heavy (non-hydrogen) atoms. The van der Waals surface area contributed by atoms with Crippen molar-refractivity contribution in [3.63, 3.8) is 0 Å². The summed E-state index contributed by atoms with van der Waals surface area (Å²) < 4.78 is 123. The van der Waals surface area contributed by atoms with Crippen molar-refractivity contribution in [3.8, 4) is 0 Å². The topological polar surface area (TPSA) is 149 Å². The Morgan fingerprint density at radius 1 is 1.17 bits per heavy atom. The van der Waals surface area contributed by atoms with Crippen LogP contribution in [0.15, 0.2) is 40.5 Å². The first-order chi connectivity index (χ1) is 19.3. The molecule has 0 saturated heterocycles. The van der Waals surface area contributed by atoms with Crippen molar-refractivity contribution < 1.29 is 54.3 Å². The van der Waals surface area contributed by atoms with E-state index in [9.17, 15) is 59.5 Å². The van der Waals surface area contributed by atoms with Crippen molar-refractivity contribution in [2.45, 2.75) is 53.6 Å². The van der Waals surface area contributed by atoms with E-state index in [1.54, 1.807) is 19.2 Å². The number of hydrogen-bond donors (Lipinski definition) is 2. The van der Waals surface area contributed by atoms with Crippen LogP contribution < -0.4 is 5.32 Å². The minimum atomic E-state index is -6.68. The van der Waals surface area contributed by atoms with Gasteiger partial charge < -0.3 is 10.4 Å². The van der Waals surface area contributed by atoms with Gasteiger partial charge in [-0.3, -0.25) is 14.9 Å². The fourth-order valence-electron chi connectivity index (χ4n) is 3.09. The molecule has 2 heterocycles. The highest BCUT2D eigenvalue weighted by Crippen LogP contribution is 2.53. The van der Waals surface area contributed by atoms with Gasteiger partial charge >= 0.3 is 24.2 Å². The summed E-state index contributed by atoms with van der Waals surface area (Å²) in [4.78, 5) is 26.3. The molecular formula is C21H16F9N7O4S. The van der Waals surface area contributed by atoms with Gasteiger partial charge in [0.25, 0.3) is 11.6 Å². The van der Waals surface area contributed by atoms with Crippen LogP contribution in [0.2, 0.25) is 0 Å². The average molecular weight is 633 g/mol. The number of carbonyl (C=O) groups excluding carboxylic acids is 1. The van der Waals surface area contributed by atoms with Crippen molar-refractivity contribution >= 4 is 29.2 Å². The molecule has 0 bridgehead atoms. The van der Waals surface area contributed by atoms with Crippen molar-refractivity contribution in [3.05, 3.63) is 57.5 Å². The number of rotatable bonds is 11. The lowest BCUT2D eigenvalue weighted by Crippen LogP contribution is -2.56. The summed E-state index contributed by atoms with van der Waals surface area (Å²) in [5.41, 5.74) is -4.44. The Morgan fingerprint density at radius 3 is 2.36 bits per heavy atom. The fraction of sp³-hybridized carbons (Fsp3) is 0.381. The molecule has 0 unspecified atom stereocenters. The zero-order valence-electron chi connectivity index (χ0n) is 20.8. The molecule has 0 spiro atoms. The zero-order chi connectivity index (χ0) is 31.8. The van der Waals surface area contributed by atoms with Crippen molar-refractivity contribution in [1.82, 2.24) is 25.2 Å². The molecule has 1 aromatic carbocycles. The van der Waals surface area contributed by atoms with E-state index in [4.69, 9.17) is 0 Å². The first-order valence-corrected chi connectivity index (χ1v) is 11.8. The monoisotopic (exact) mass is 633 g/mol. The zero-order valence-corrected chi connectivity index (χ0v) is 21.7. The fourth-order valence-corrected chi connectivity index (χ4v) is 4.13. The van der Waals surface area contributed by atoms with Crippen LogP contribution in [0.25, 0.3) is 0 Å². The van der Waals surface area contributed by atoms with Crippen LogP contribution in [0.1, 0.15) is 29.8 Å². The number of aromatic nitrogens is 5. The first-order valence-electron chi connectivity index (χ1n) is 11.0. The van der Waals surface area contributed by atoms with Crippen LogP contribution in [-0.4, -0.2) is 66.0 Å². The molecule has 3 aromatic rings. The Labute approximate surface area is 232 Å². The highest BCUT2D eigenvalue weighted by Gasteiger charge is 2.76. The smallest absolute Gasteiger partial charge is 0.382 e. The van der Waals surface area contributed by atoms with E-state index in [1.165, 1.54) is 0 Å². The number of anilines is 1. The standard InChI is InChI=1S/C21H16F9N7O4S/c1-18(2,8-38)36-17(33-34-35-36)42-13-4-3-10(37(40)41)6-11(13)15(39)32-14-12(22)5-9(7-31-14)19(25,26)21(29,30)20(27,28)16(23)24/h3-7,16,38H,8H2,1-2H3,(H,31,32,39). The first kappa shape index (κ1) is 32.5. The summed E-state index contributed by atoms with van der Waals surface area (Å²) in [7, 11) is 0. The predicted molar refractivity (Wildman–Crippen MR) is 123 cm³/mol. The minimum Gasteiger partial charge on any atom is -0.394 e. The second-order valence-corrected chi connectivity index (χ2v) is 9.97. The number of pyridine rings is 1. The maximum absolute atomic E-state index is 14.6. The number of non-ortho nitro benzene ring substituents is 1. The molecule has 0 fully saturated rings. The third-order valence-corrected chi connectivity index (χ3v) is 6.56. The Kier molecular flexibility index (Phi) is 8.78. The number of tetrazole rings is 1. The maximum atomic E-state index is 14.6. The highest BCUT2D eigenvalue weighted by molar-refractivity contribution is 7.99. The number of hydrogen-bond acceptors (Lipinski definition) is 9. The maximum Gasteiger partial charge on any atom is 0.382 e. The molecule has 3 rings (SSSR count). The number of alkyl halides is 8. The highest BCUT2D eigenvalue weighted by atomic mass is 32.2. The SMILES string of the molecule is CC(C)(CO)n1nnnc1Sc1ccc([N+](=O)[O-])cc1C(=O)Nc1ncc(C(F)(F)C(F)(F)C(F)(F)C(F)F)cc1F. The van der Waals surface area contributed by atoms with Gasteiger partial charge in [-0.1, -0.05) is 0 Å². The molecule has 0 radical (unpaired) electrons. The molecule has 21 heteroatoms.